The number of carbonyl (C=O) groups excluding carboxylic acids is 1. The molecule has 0 spiro atoms. The van der Waals surface area contributed by atoms with Crippen molar-refractivity contribution in [2.45, 2.75) is 25.7 Å². The molecule has 3 heterocycles. The zero-order valence-corrected chi connectivity index (χ0v) is 15.7. The summed E-state index contributed by atoms with van der Waals surface area (Å²) in [5, 5.41) is 0. The van der Waals surface area contributed by atoms with Crippen LogP contribution in [0.2, 0.25) is 0 Å². The largest absolute Gasteiger partial charge is 0.310 e. The van der Waals surface area contributed by atoms with E-state index >= 15 is 0 Å². The van der Waals surface area contributed by atoms with Gasteiger partial charge < -0.3 is 9.80 Å². The van der Waals surface area contributed by atoms with Gasteiger partial charge in [0.1, 0.15) is 0 Å². The van der Waals surface area contributed by atoms with E-state index in [-0.39, 0.29) is 5.91 Å². The monoisotopic (exact) mass is 370 g/mol. The summed E-state index contributed by atoms with van der Waals surface area (Å²) in [6.07, 6.45) is 7.48. The van der Waals surface area contributed by atoms with Crippen molar-refractivity contribution in [1.29, 1.82) is 0 Å². The van der Waals surface area contributed by atoms with Crippen LogP contribution in [0.15, 0.2) is 60.9 Å². The Hall–Kier alpha value is -3.21. The Labute approximate surface area is 164 Å². The second-order valence-corrected chi connectivity index (χ2v) is 7.34. The first-order chi connectivity index (χ1) is 13.8. The van der Waals surface area contributed by atoms with E-state index in [1.165, 1.54) is 11.1 Å². The fraction of sp³-hybridized carbons (Fsp3) is 0.261. The van der Waals surface area contributed by atoms with E-state index in [9.17, 15) is 4.79 Å². The number of benzene rings is 2. The number of hydrogen-bond donors (Lipinski definition) is 0. The molecule has 5 nitrogen and oxygen atoms in total. The molecular formula is C23H22N4O. The van der Waals surface area contributed by atoms with E-state index in [2.05, 4.69) is 39.1 Å². The highest BCUT2D eigenvalue weighted by Gasteiger charge is 2.25. The topological polar surface area (TPSA) is 49.3 Å². The van der Waals surface area contributed by atoms with Gasteiger partial charge in [-0.05, 0) is 48.9 Å². The van der Waals surface area contributed by atoms with Gasteiger partial charge in [0.2, 0.25) is 5.95 Å². The van der Waals surface area contributed by atoms with Crippen LogP contribution in [0.25, 0.3) is 0 Å². The van der Waals surface area contributed by atoms with Crippen LogP contribution in [-0.2, 0) is 12.8 Å². The number of nitrogens with zero attached hydrogens (tertiary/aromatic N) is 4. The Balaban J connectivity index is 1.42. The zero-order chi connectivity index (χ0) is 18.9. The first kappa shape index (κ1) is 16.9. The van der Waals surface area contributed by atoms with E-state index in [4.69, 9.17) is 0 Å². The molecule has 0 radical (unpaired) electrons. The van der Waals surface area contributed by atoms with Crippen molar-refractivity contribution < 1.29 is 4.79 Å². The summed E-state index contributed by atoms with van der Waals surface area (Å²) in [7, 11) is 0. The number of aryl methyl sites for hydroxylation is 2. The lowest BCUT2D eigenvalue weighted by molar-refractivity contribution is 0.0984. The molecule has 0 saturated carbocycles. The van der Waals surface area contributed by atoms with E-state index in [0.717, 1.165) is 50.1 Å². The molecule has 0 unspecified atom stereocenters. The summed E-state index contributed by atoms with van der Waals surface area (Å²) in [5.74, 6) is 0.625. The van der Waals surface area contributed by atoms with Gasteiger partial charge in [-0.25, -0.2) is 9.97 Å². The van der Waals surface area contributed by atoms with Gasteiger partial charge in [0.25, 0.3) is 5.91 Å². The van der Waals surface area contributed by atoms with Crippen LogP contribution < -0.4 is 9.80 Å². The minimum atomic E-state index is -0.0299. The highest BCUT2D eigenvalue weighted by atomic mass is 16.2. The number of anilines is 3. The highest BCUT2D eigenvalue weighted by molar-refractivity contribution is 6.06. The lowest BCUT2D eigenvalue weighted by atomic mass is 10.0. The summed E-state index contributed by atoms with van der Waals surface area (Å²) in [4.78, 5) is 26.2. The van der Waals surface area contributed by atoms with Gasteiger partial charge in [-0.3, -0.25) is 4.79 Å². The number of fused-ring (bicyclic) bond motifs is 2. The van der Waals surface area contributed by atoms with Crippen LogP contribution in [0.5, 0.6) is 0 Å². The highest BCUT2D eigenvalue weighted by Crippen LogP contribution is 2.31. The maximum Gasteiger partial charge on any atom is 0.261 e. The van der Waals surface area contributed by atoms with Crippen LogP contribution in [0, 0.1) is 0 Å². The first-order valence-electron chi connectivity index (χ1n) is 9.88. The second-order valence-electron chi connectivity index (χ2n) is 7.34. The molecule has 140 valence electrons. The first-order valence-corrected chi connectivity index (χ1v) is 9.88. The molecular weight excluding hydrogens is 348 g/mol. The minimum Gasteiger partial charge on any atom is -0.310 e. The van der Waals surface area contributed by atoms with Gasteiger partial charge in [0.15, 0.2) is 0 Å². The molecule has 5 heteroatoms. The second kappa shape index (κ2) is 7.08. The SMILES string of the molecule is O=C(c1cnc(N2CCCc3ccccc32)nc1)N1CCCc2ccccc21. The summed E-state index contributed by atoms with van der Waals surface area (Å²) in [6, 6.07) is 16.5. The molecule has 0 bridgehead atoms. The number of carbonyl (C=O) groups is 1. The van der Waals surface area contributed by atoms with Crippen LogP contribution >= 0.6 is 0 Å². The zero-order valence-electron chi connectivity index (χ0n) is 15.7. The predicted octanol–water partition coefficient (Wildman–Crippen LogP) is 4.15. The third-order valence-corrected chi connectivity index (χ3v) is 5.59. The van der Waals surface area contributed by atoms with Gasteiger partial charge in [-0.15, -0.1) is 0 Å². The number of amides is 1. The molecule has 28 heavy (non-hydrogen) atoms. The Bertz CT molecular complexity index is 1020. The third kappa shape index (κ3) is 2.93. The molecule has 0 atom stereocenters. The van der Waals surface area contributed by atoms with Crippen molar-refractivity contribution in [3.05, 3.63) is 77.6 Å². The van der Waals surface area contributed by atoms with Gasteiger partial charge >= 0.3 is 0 Å². The normalized spacial score (nSPS) is 15.7. The van der Waals surface area contributed by atoms with E-state index in [1.807, 2.05) is 29.2 Å². The van der Waals surface area contributed by atoms with Crippen molar-refractivity contribution in [3.63, 3.8) is 0 Å². The minimum absolute atomic E-state index is 0.0299. The average molecular weight is 370 g/mol. The molecule has 0 saturated heterocycles. The quantitative estimate of drug-likeness (QED) is 0.680. The van der Waals surface area contributed by atoms with Crippen molar-refractivity contribution in [2.75, 3.05) is 22.9 Å². The third-order valence-electron chi connectivity index (χ3n) is 5.59. The fourth-order valence-electron chi connectivity index (χ4n) is 4.21. The molecule has 1 aromatic heterocycles. The smallest absolute Gasteiger partial charge is 0.261 e. The van der Waals surface area contributed by atoms with Crippen LogP contribution in [0.4, 0.5) is 17.3 Å². The van der Waals surface area contributed by atoms with Crippen LogP contribution in [-0.4, -0.2) is 29.0 Å². The fourth-order valence-corrected chi connectivity index (χ4v) is 4.21. The Morgan fingerprint density at radius 2 is 1.39 bits per heavy atom. The molecule has 0 aliphatic carbocycles. The Morgan fingerprint density at radius 1 is 0.786 bits per heavy atom. The van der Waals surface area contributed by atoms with E-state index < -0.39 is 0 Å². The molecule has 1 amide bonds. The maximum atomic E-state index is 13.1. The summed E-state index contributed by atoms with van der Waals surface area (Å²) in [6.45, 7) is 1.63. The molecule has 2 aliphatic rings. The van der Waals surface area contributed by atoms with Crippen molar-refractivity contribution in [1.82, 2.24) is 9.97 Å². The molecule has 0 N–H and O–H groups in total. The van der Waals surface area contributed by atoms with Gasteiger partial charge in [-0.2, -0.15) is 0 Å². The molecule has 0 fully saturated rings. The van der Waals surface area contributed by atoms with Gasteiger partial charge in [-0.1, -0.05) is 36.4 Å². The molecule has 2 aromatic carbocycles. The summed E-state index contributed by atoms with van der Waals surface area (Å²) < 4.78 is 0. The maximum absolute atomic E-state index is 13.1. The standard InChI is InChI=1S/C23H22N4O/c28-22(26-13-5-9-17-7-1-3-11-20(17)26)19-15-24-23(25-16-19)27-14-6-10-18-8-2-4-12-21(18)27/h1-4,7-8,11-12,15-16H,5-6,9-10,13-14H2. The van der Waals surface area contributed by atoms with Crippen LogP contribution in [0.1, 0.15) is 34.3 Å². The number of aromatic nitrogens is 2. The summed E-state index contributed by atoms with van der Waals surface area (Å²) >= 11 is 0. The number of hydrogen-bond acceptors (Lipinski definition) is 4. The Kier molecular flexibility index (Phi) is 4.28. The summed E-state index contributed by atoms with van der Waals surface area (Å²) in [5.41, 5.74) is 5.25. The van der Waals surface area contributed by atoms with Gasteiger partial charge in [0, 0.05) is 36.9 Å². The average Bonchev–Trinajstić information content (AvgIpc) is 2.78. The lowest BCUT2D eigenvalue weighted by Gasteiger charge is -2.30. The number of rotatable bonds is 2. The van der Waals surface area contributed by atoms with Gasteiger partial charge in [0.05, 0.1) is 5.56 Å². The lowest BCUT2D eigenvalue weighted by Crippen LogP contribution is -2.35. The predicted molar refractivity (Wildman–Crippen MR) is 110 cm³/mol. The van der Waals surface area contributed by atoms with Crippen molar-refractivity contribution in [2.24, 2.45) is 0 Å². The Morgan fingerprint density at radius 3 is 2.14 bits per heavy atom. The molecule has 3 aromatic rings. The van der Waals surface area contributed by atoms with Crippen molar-refractivity contribution in [3.8, 4) is 0 Å². The number of para-hydroxylation sites is 2. The van der Waals surface area contributed by atoms with E-state index in [1.54, 1.807) is 12.4 Å². The molecule has 5 rings (SSSR count). The van der Waals surface area contributed by atoms with Crippen LogP contribution in [0.3, 0.4) is 0 Å². The van der Waals surface area contributed by atoms with E-state index in [0.29, 0.717) is 11.5 Å². The van der Waals surface area contributed by atoms with Crippen molar-refractivity contribution >= 4 is 23.2 Å². The molecule has 2 aliphatic heterocycles.